The van der Waals surface area contributed by atoms with Gasteiger partial charge in [-0.3, -0.25) is 13.9 Å². The van der Waals surface area contributed by atoms with Gasteiger partial charge >= 0.3 is 13.7 Å². The van der Waals surface area contributed by atoms with E-state index in [9.17, 15) is 23.2 Å². The van der Waals surface area contributed by atoms with Crippen LogP contribution in [0.5, 0.6) is 5.75 Å². The molecule has 0 unspecified atom stereocenters. The van der Waals surface area contributed by atoms with Gasteiger partial charge in [-0.05, 0) is 45.7 Å². The number of benzene rings is 1. The third kappa shape index (κ3) is 6.61. The van der Waals surface area contributed by atoms with Crippen molar-refractivity contribution in [2.45, 2.75) is 82.3 Å². The number of rotatable bonds is 13. The Labute approximate surface area is 250 Å². The fourth-order valence-corrected chi connectivity index (χ4v) is 6.06. The zero-order valence-electron chi connectivity index (χ0n) is 24.0. The lowest BCUT2D eigenvalue weighted by Gasteiger charge is -2.28. The molecule has 5 rings (SSSR count). The van der Waals surface area contributed by atoms with Gasteiger partial charge in [0.2, 0.25) is 11.6 Å². The van der Waals surface area contributed by atoms with Crippen LogP contribution in [-0.4, -0.2) is 79.7 Å². The molecule has 0 bridgehead atoms. The summed E-state index contributed by atoms with van der Waals surface area (Å²) in [6.07, 6.45) is -7.83. The minimum atomic E-state index is -4.50. The Balaban J connectivity index is 1.41. The monoisotopic (exact) mass is 643 g/mol. The quantitative estimate of drug-likeness (QED) is 0.157. The number of nitrogens with two attached hydrogens (primary N) is 1. The maximum atomic E-state index is 16.2. The Morgan fingerprint density at radius 1 is 1.25 bits per heavy atom. The zero-order chi connectivity index (χ0) is 31.8. The molecule has 2 fully saturated rings. The van der Waals surface area contributed by atoms with Crippen LogP contribution in [-0.2, 0) is 23.4 Å². The molecule has 0 spiro atoms. The van der Waals surface area contributed by atoms with Crippen LogP contribution in [0, 0.1) is 0 Å². The largest absolute Gasteiger partial charge is 0.462 e. The number of aliphatic hydroxyl groups excluding tert-OH is 1. The van der Waals surface area contributed by atoms with E-state index in [-0.39, 0.29) is 34.7 Å². The molecule has 3 aromatic rings. The second-order valence-electron chi connectivity index (χ2n) is 10.8. The summed E-state index contributed by atoms with van der Waals surface area (Å²) in [6, 6.07) is 6.67. The van der Waals surface area contributed by atoms with Crippen LogP contribution in [0.3, 0.4) is 0 Å². The predicted molar refractivity (Wildman–Crippen MR) is 151 cm³/mol. The summed E-state index contributed by atoms with van der Waals surface area (Å²) in [5, 5.41) is 16.4. The number of fused-ring (bicyclic) bond motifs is 1. The van der Waals surface area contributed by atoms with Crippen LogP contribution in [0.2, 0.25) is 0 Å². The van der Waals surface area contributed by atoms with Crippen LogP contribution >= 0.6 is 7.75 Å². The topological polar surface area (TPSA) is 185 Å². The SMILES string of the molecule is CC(C)OC(=O)[C@H](C)N[P@@](=O)(OC[C@H]1O[C@@H](n2cnc3c(NC4CC4)nc(N)nc32)[C@@](F)(C(F)F)[C@@H]1O)Oc1ccccc1. The van der Waals surface area contributed by atoms with E-state index in [1.54, 1.807) is 32.0 Å². The summed E-state index contributed by atoms with van der Waals surface area (Å²) in [5.41, 5.74) is 2.17. The summed E-state index contributed by atoms with van der Waals surface area (Å²) in [7, 11) is -4.50. The van der Waals surface area contributed by atoms with Crippen LogP contribution in [0.15, 0.2) is 36.7 Å². The summed E-state index contributed by atoms with van der Waals surface area (Å²) in [6.45, 7) is 3.70. The number of esters is 1. The first kappa shape index (κ1) is 31.9. The average molecular weight is 644 g/mol. The summed E-state index contributed by atoms with van der Waals surface area (Å²) >= 11 is 0. The number of nitrogens with one attached hydrogen (secondary N) is 2. The first-order valence-corrected chi connectivity index (χ1v) is 15.4. The number of hydrogen-bond donors (Lipinski definition) is 4. The Morgan fingerprint density at radius 3 is 2.59 bits per heavy atom. The standard InChI is InChI=1S/C26H33F3N7O7P/c1-13(2)41-22(38)14(3)35-44(39,43-16-7-5-4-6-8-16)40-11-17-19(37)26(29,23(27)28)24(42-17)36-12-31-18-20(32-15-9-10-15)33-25(30)34-21(18)36/h4-8,12-15,17,19,23-24,37H,9-11H2,1-3H3,(H,35,39)(H3,30,32,33,34)/t14-,17+,19+,24+,26-,44+/m0/s1. The van der Waals surface area contributed by atoms with E-state index < -0.39 is 63.0 Å². The van der Waals surface area contributed by atoms with Crippen LogP contribution in [0.25, 0.3) is 11.2 Å². The van der Waals surface area contributed by atoms with Crippen molar-refractivity contribution in [2.75, 3.05) is 17.7 Å². The number of aromatic nitrogens is 4. The molecule has 14 nitrogen and oxygen atoms in total. The summed E-state index contributed by atoms with van der Waals surface area (Å²) < 4.78 is 81.3. The molecule has 1 saturated carbocycles. The van der Waals surface area contributed by atoms with E-state index in [2.05, 4.69) is 25.4 Å². The van der Waals surface area contributed by atoms with Gasteiger partial charge in [-0.15, -0.1) is 0 Å². The van der Waals surface area contributed by atoms with Gasteiger partial charge in [0, 0.05) is 6.04 Å². The number of carbonyl (C=O) groups is 1. The van der Waals surface area contributed by atoms with E-state index >= 15 is 4.39 Å². The molecule has 3 heterocycles. The van der Waals surface area contributed by atoms with Gasteiger partial charge in [0.1, 0.15) is 24.0 Å². The highest BCUT2D eigenvalue weighted by atomic mass is 31.2. The molecule has 1 aliphatic carbocycles. The molecule has 0 radical (unpaired) electrons. The fourth-order valence-electron chi connectivity index (χ4n) is 4.55. The van der Waals surface area contributed by atoms with Gasteiger partial charge in [0.05, 0.1) is 19.0 Å². The Morgan fingerprint density at radius 2 is 1.95 bits per heavy atom. The lowest BCUT2D eigenvalue weighted by atomic mass is 9.96. The number of carbonyl (C=O) groups excluding carboxylic acids is 1. The molecule has 18 heteroatoms. The molecule has 1 aliphatic heterocycles. The number of halogens is 3. The van der Waals surface area contributed by atoms with Crippen molar-refractivity contribution in [3.63, 3.8) is 0 Å². The maximum absolute atomic E-state index is 16.2. The number of para-hydroxylation sites is 1. The highest BCUT2D eigenvalue weighted by Crippen LogP contribution is 2.50. The molecule has 2 aromatic heterocycles. The van der Waals surface area contributed by atoms with Crippen molar-refractivity contribution in [3.8, 4) is 5.75 Å². The van der Waals surface area contributed by atoms with Gasteiger partial charge in [-0.2, -0.15) is 15.1 Å². The first-order valence-electron chi connectivity index (χ1n) is 13.9. The maximum Gasteiger partial charge on any atom is 0.459 e. The lowest BCUT2D eigenvalue weighted by Crippen LogP contribution is -2.49. The number of ether oxygens (including phenoxy) is 2. The Hall–Kier alpha value is -3.50. The van der Waals surface area contributed by atoms with E-state index in [4.69, 9.17) is 24.3 Å². The lowest BCUT2D eigenvalue weighted by molar-refractivity contribution is -0.149. The zero-order valence-corrected chi connectivity index (χ0v) is 24.9. The van der Waals surface area contributed by atoms with Crippen molar-refractivity contribution >= 4 is 36.6 Å². The van der Waals surface area contributed by atoms with Gasteiger partial charge in [-0.1, -0.05) is 18.2 Å². The highest BCUT2D eigenvalue weighted by molar-refractivity contribution is 7.52. The smallest absolute Gasteiger partial charge is 0.459 e. The third-order valence-corrected chi connectivity index (χ3v) is 8.51. The Kier molecular flexibility index (Phi) is 9.05. The predicted octanol–water partition coefficient (Wildman–Crippen LogP) is 3.35. The molecule has 240 valence electrons. The normalized spacial score (nSPS) is 25.7. The van der Waals surface area contributed by atoms with E-state index in [1.165, 1.54) is 19.1 Å². The second-order valence-corrected chi connectivity index (χ2v) is 12.5. The van der Waals surface area contributed by atoms with Gasteiger partial charge < -0.3 is 30.2 Å². The van der Waals surface area contributed by atoms with Crippen molar-refractivity contribution in [1.82, 2.24) is 24.6 Å². The molecule has 44 heavy (non-hydrogen) atoms. The van der Waals surface area contributed by atoms with Crippen LogP contribution in [0.1, 0.15) is 39.8 Å². The van der Waals surface area contributed by atoms with E-state index in [0.29, 0.717) is 0 Å². The van der Waals surface area contributed by atoms with Crippen molar-refractivity contribution in [1.29, 1.82) is 0 Å². The van der Waals surface area contributed by atoms with Crippen LogP contribution < -0.4 is 20.7 Å². The van der Waals surface area contributed by atoms with E-state index in [0.717, 1.165) is 23.7 Å². The first-order chi connectivity index (χ1) is 20.8. The van der Waals surface area contributed by atoms with E-state index in [1.807, 2.05) is 0 Å². The number of anilines is 2. The van der Waals surface area contributed by atoms with Gasteiger partial charge in [0.25, 0.3) is 6.43 Å². The fraction of sp³-hybridized carbons (Fsp3) is 0.538. The van der Waals surface area contributed by atoms with Crippen LogP contribution in [0.4, 0.5) is 24.9 Å². The van der Waals surface area contributed by atoms with Crippen molar-refractivity contribution in [3.05, 3.63) is 36.7 Å². The van der Waals surface area contributed by atoms with Gasteiger partial charge in [0.15, 0.2) is 23.2 Å². The van der Waals surface area contributed by atoms with Crippen molar-refractivity contribution < 1.29 is 46.2 Å². The average Bonchev–Trinajstić information content (AvgIpc) is 3.61. The molecule has 1 saturated heterocycles. The number of hydrogen-bond acceptors (Lipinski definition) is 12. The molecular weight excluding hydrogens is 610 g/mol. The van der Waals surface area contributed by atoms with Gasteiger partial charge in [-0.25, -0.2) is 22.7 Å². The van der Waals surface area contributed by atoms with Crippen molar-refractivity contribution in [2.24, 2.45) is 0 Å². The Bertz CT molecular complexity index is 1530. The summed E-state index contributed by atoms with van der Waals surface area (Å²) in [4.78, 5) is 24.7. The molecule has 1 aromatic carbocycles. The number of nitrogens with zero attached hydrogens (tertiary/aromatic N) is 4. The molecule has 6 atom stereocenters. The molecule has 5 N–H and O–H groups in total. The number of imidazole rings is 1. The minimum absolute atomic E-state index is 0.0729. The third-order valence-electron chi connectivity index (χ3n) is 6.87. The highest BCUT2D eigenvalue weighted by Gasteiger charge is 2.64. The number of aliphatic hydroxyl groups is 1. The molecular formula is C26H33F3N7O7P. The summed E-state index contributed by atoms with van der Waals surface area (Å²) in [5.74, 6) is -0.688. The number of nitrogen functional groups attached to an aromatic ring is 1. The number of alkyl halides is 3. The second kappa shape index (κ2) is 12.5. The molecule has 2 aliphatic rings. The molecule has 0 amide bonds. The minimum Gasteiger partial charge on any atom is -0.462 e.